The van der Waals surface area contributed by atoms with Crippen molar-refractivity contribution in [3.63, 3.8) is 0 Å². The predicted molar refractivity (Wildman–Crippen MR) is 116 cm³/mol. The van der Waals surface area contributed by atoms with Crippen LogP contribution in [-0.4, -0.2) is 74.2 Å². The Morgan fingerprint density at radius 2 is 1.21 bits per heavy atom. The second-order valence-electron chi connectivity index (χ2n) is 6.20. The molecule has 0 spiro atoms. The molecule has 1 aliphatic rings. The van der Waals surface area contributed by atoms with Crippen molar-refractivity contribution in [3.05, 3.63) is 35.9 Å². The number of rotatable bonds is 7. The first-order chi connectivity index (χ1) is 12.5. The summed E-state index contributed by atoms with van der Waals surface area (Å²) in [6.07, 6.45) is 1.14. The molecule has 28 heavy (non-hydrogen) atoms. The third-order valence-corrected chi connectivity index (χ3v) is 4.14. The summed E-state index contributed by atoms with van der Waals surface area (Å²) >= 11 is 0. The molecule has 0 atom stereocenters. The number of esters is 2. The molecule has 1 aromatic rings. The fourth-order valence-electron chi connectivity index (χ4n) is 2.59. The lowest BCUT2D eigenvalue weighted by molar-refractivity contribution is -0.142. The lowest BCUT2D eigenvalue weighted by Gasteiger charge is -2.34. The molecule has 0 amide bonds. The van der Waals surface area contributed by atoms with Crippen LogP contribution in [0.4, 0.5) is 0 Å². The fourth-order valence-corrected chi connectivity index (χ4v) is 2.59. The van der Waals surface area contributed by atoms with E-state index in [-0.39, 0.29) is 36.8 Å². The van der Waals surface area contributed by atoms with E-state index in [1.165, 1.54) is 19.4 Å². The van der Waals surface area contributed by atoms with Gasteiger partial charge in [0.1, 0.15) is 13.2 Å². The summed E-state index contributed by atoms with van der Waals surface area (Å²) in [5, 5.41) is 0. The fraction of sp³-hybridized carbons (Fsp3) is 0.600. The van der Waals surface area contributed by atoms with E-state index in [4.69, 9.17) is 9.47 Å². The second-order valence-corrected chi connectivity index (χ2v) is 6.20. The molecule has 1 fully saturated rings. The highest BCUT2D eigenvalue weighted by atomic mass is 35.5. The maximum Gasteiger partial charge on any atom is 0.302 e. The average Bonchev–Trinajstić information content (AvgIpc) is 2.64. The molecule has 0 radical (unpaired) electrons. The van der Waals surface area contributed by atoms with Gasteiger partial charge in [-0.05, 0) is 12.0 Å². The Morgan fingerprint density at radius 3 is 1.50 bits per heavy atom. The maximum absolute atomic E-state index is 10.6. The summed E-state index contributed by atoms with van der Waals surface area (Å²) < 4.78 is 9.82. The number of piperazine rings is 1. The number of hydrogen-bond acceptors (Lipinski definition) is 6. The minimum Gasteiger partial charge on any atom is -0.465 e. The van der Waals surface area contributed by atoms with Gasteiger partial charge in [0.05, 0.1) is 0 Å². The van der Waals surface area contributed by atoms with Crippen molar-refractivity contribution in [1.82, 2.24) is 9.80 Å². The van der Waals surface area contributed by atoms with Gasteiger partial charge >= 0.3 is 11.9 Å². The van der Waals surface area contributed by atoms with E-state index >= 15 is 0 Å². The number of halogens is 2. The van der Waals surface area contributed by atoms with E-state index in [9.17, 15) is 9.59 Å². The van der Waals surface area contributed by atoms with Crippen LogP contribution < -0.4 is 0 Å². The molecular formula is C20H34Cl2N2O4. The summed E-state index contributed by atoms with van der Waals surface area (Å²) in [7, 11) is 0. The van der Waals surface area contributed by atoms with Crippen molar-refractivity contribution < 1.29 is 19.1 Å². The summed E-state index contributed by atoms with van der Waals surface area (Å²) in [6, 6.07) is 10.5. The number of aryl methyl sites for hydroxylation is 1. The Bertz CT molecular complexity index is 496. The Balaban J connectivity index is 0. The molecule has 0 aliphatic carbocycles. The van der Waals surface area contributed by atoms with Crippen molar-refractivity contribution in [2.24, 2.45) is 0 Å². The molecule has 1 heterocycles. The average molecular weight is 437 g/mol. The van der Waals surface area contributed by atoms with Gasteiger partial charge in [0.25, 0.3) is 0 Å². The van der Waals surface area contributed by atoms with Crippen LogP contribution in [0.3, 0.4) is 0 Å². The van der Waals surface area contributed by atoms with Crippen LogP contribution in [0.15, 0.2) is 30.3 Å². The van der Waals surface area contributed by atoms with E-state index in [0.29, 0.717) is 13.2 Å². The zero-order valence-electron chi connectivity index (χ0n) is 17.1. The summed E-state index contributed by atoms with van der Waals surface area (Å²) in [5.74, 6) is -0.454. The molecule has 2 rings (SSSR count). The molecule has 0 aromatic heterocycles. The Kier molecular flexibility index (Phi) is 18.3. The molecule has 0 N–H and O–H groups in total. The standard InChI is InChI=1S/C12H22N2O4.C8H10.2ClH/c1-11(15)17-9-7-13-3-5-14(6-4-13)8-10-18-12(2)16;1-2-8-6-4-3-5-7-8;;/h3-10H2,1-2H3;3-7H,2H2,1H3;2*1H. The normalized spacial score (nSPS) is 13.8. The van der Waals surface area contributed by atoms with Crippen molar-refractivity contribution in [3.8, 4) is 0 Å². The largest absolute Gasteiger partial charge is 0.465 e. The third-order valence-electron chi connectivity index (χ3n) is 4.14. The monoisotopic (exact) mass is 436 g/mol. The minimum atomic E-state index is -0.227. The first kappa shape index (κ1) is 28.9. The third kappa shape index (κ3) is 14.7. The van der Waals surface area contributed by atoms with Crippen LogP contribution in [0.1, 0.15) is 26.3 Å². The molecule has 1 aromatic carbocycles. The zero-order chi connectivity index (χ0) is 19.2. The highest BCUT2D eigenvalue weighted by molar-refractivity contribution is 5.85. The molecule has 0 saturated carbocycles. The van der Waals surface area contributed by atoms with E-state index in [1.54, 1.807) is 0 Å². The van der Waals surface area contributed by atoms with Crippen molar-refractivity contribution >= 4 is 36.8 Å². The van der Waals surface area contributed by atoms with Crippen molar-refractivity contribution in [2.45, 2.75) is 27.2 Å². The van der Waals surface area contributed by atoms with Gasteiger partial charge in [-0.2, -0.15) is 0 Å². The summed E-state index contributed by atoms with van der Waals surface area (Å²) in [4.78, 5) is 25.8. The van der Waals surface area contributed by atoms with Crippen LogP contribution >= 0.6 is 24.8 Å². The number of benzene rings is 1. The van der Waals surface area contributed by atoms with E-state index in [2.05, 4.69) is 41.0 Å². The van der Waals surface area contributed by atoms with Gasteiger partial charge < -0.3 is 9.47 Å². The molecule has 0 bridgehead atoms. The Morgan fingerprint density at radius 1 is 0.821 bits per heavy atom. The number of ether oxygens (including phenoxy) is 2. The first-order valence-corrected chi connectivity index (χ1v) is 9.26. The molecule has 0 unspecified atom stereocenters. The SMILES string of the molecule is CC(=O)OCCN1CCN(CCOC(C)=O)CC1.CCc1ccccc1.Cl.Cl. The Labute approximate surface area is 181 Å². The smallest absolute Gasteiger partial charge is 0.302 e. The lowest BCUT2D eigenvalue weighted by Crippen LogP contribution is -2.48. The van der Waals surface area contributed by atoms with E-state index in [1.807, 2.05) is 6.07 Å². The van der Waals surface area contributed by atoms with Crippen LogP contribution in [0, 0.1) is 0 Å². The predicted octanol–water partition coefficient (Wildman–Crippen LogP) is 2.82. The topological polar surface area (TPSA) is 59.1 Å². The van der Waals surface area contributed by atoms with Gasteiger partial charge in [-0.3, -0.25) is 19.4 Å². The molecule has 8 heteroatoms. The molecule has 6 nitrogen and oxygen atoms in total. The van der Waals surface area contributed by atoms with Gasteiger partial charge in [-0.25, -0.2) is 0 Å². The highest BCUT2D eigenvalue weighted by Gasteiger charge is 2.16. The second kappa shape index (κ2) is 17.7. The lowest BCUT2D eigenvalue weighted by atomic mass is 10.2. The zero-order valence-corrected chi connectivity index (χ0v) is 18.7. The van der Waals surface area contributed by atoms with Gasteiger partial charge in [0.2, 0.25) is 0 Å². The number of carbonyl (C=O) groups is 2. The van der Waals surface area contributed by atoms with Crippen LogP contribution in [0.2, 0.25) is 0 Å². The summed E-state index contributed by atoms with van der Waals surface area (Å²) in [6.45, 7) is 11.3. The van der Waals surface area contributed by atoms with Gasteiger partial charge in [0, 0.05) is 53.1 Å². The van der Waals surface area contributed by atoms with Crippen LogP contribution in [-0.2, 0) is 25.5 Å². The maximum atomic E-state index is 10.6. The van der Waals surface area contributed by atoms with Crippen LogP contribution in [0.5, 0.6) is 0 Å². The van der Waals surface area contributed by atoms with Gasteiger partial charge in [-0.1, -0.05) is 37.3 Å². The molecular weight excluding hydrogens is 403 g/mol. The minimum absolute atomic E-state index is 0. The number of hydrogen-bond donors (Lipinski definition) is 0. The Hall–Kier alpha value is -1.34. The number of nitrogens with zero attached hydrogens (tertiary/aromatic N) is 2. The molecule has 162 valence electrons. The van der Waals surface area contributed by atoms with E-state index in [0.717, 1.165) is 45.7 Å². The molecule has 1 saturated heterocycles. The van der Waals surface area contributed by atoms with Gasteiger partial charge in [-0.15, -0.1) is 24.8 Å². The highest BCUT2D eigenvalue weighted by Crippen LogP contribution is 2.01. The summed E-state index contributed by atoms with van der Waals surface area (Å²) in [5.41, 5.74) is 1.41. The van der Waals surface area contributed by atoms with Crippen molar-refractivity contribution in [2.75, 3.05) is 52.5 Å². The number of carbonyl (C=O) groups excluding carboxylic acids is 2. The van der Waals surface area contributed by atoms with Crippen molar-refractivity contribution in [1.29, 1.82) is 0 Å². The quantitative estimate of drug-likeness (QED) is 0.612. The molecule has 1 aliphatic heterocycles. The van der Waals surface area contributed by atoms with Gasteiger partial charge in [0.15, 0.2) is 0 Å². The van der Waals surface area contributed by atoms with Crippen LogP contribution in [0.25, 0.3) is 0 Å². The first-order valence-electron chi connectivity index (χ1n) is 9.26. The van der Waals surface area contributed by atoms with E-state index < -0.39 is 0 Å².